The molecule has 2 aromatic rings. The number of nitrogens with zero attached hydrogens (tertiary/aromatic N) is 4. The number of hydrogen-bond donors (Lipinski definition) is 1. The zero-order chi connectivity index (χ0) is 13.9. The predicted molar refractivity (Wildman–Crippen MR) is 73.6 cm³/mol. The summed E-state index contributed by atoms with van der Waals surface area (Å²) in [5.41, 5.74) is 2.17. The summed E-state index contributed by atoms with van der Waals surface area (Å²) >= 11 is 0. The van der Waals surface area contributed by atoms with E-state index in [1.165, 1.54) is 19.3 Å². The number of phenols is 1. The lowest BCUT2D eigenvalue weighted by molar-refractivity contribution is 0.429. The molecule has 1 aliphatic carbocycles. The highest BCUT2D eigenvalue weighted by Crippen LogP contribution is 2.34. The summed E-state index contributed by atoms with van der Waals surface area (Å²) in [5.74, 6) is 0.566. The summed E-state index contributed by atoms with van der Waals surface area (Å²) in [6.45, 7) is 0. The first-order chi connectivity index (χ1) is 9.79. The molecule has 0 spiro atoms. The van der Waals surface area contributed by atoms with Crippen molar-refractivity contribution < 1.29 is 5.11 Å². The normalized spacial score (nSPS) is 15.9. The smallest absolute Gasteiger partial charge is 0.186 e. The quantitative estimate of drug-likeness (QED) is 0.908. The van der Waals surface area contributed by atoms with E-state index in [2.05, 4.69) is 16.4 Å². The lowest BCUT2D eigenvalue weighted by Gasteiger charge is -2.22. The molecule has 102 valence electrons. The number of hydrogen-bond acceptors (Lipinski definition) is 4. The van der Waals surface area contributed by atoms with Crippen LogP contribution in [0.15, 0.2) is 24.3 Å². The maximum atomic E-state index is 9.38. The molecule has 1 heterocycles. The molecule has 1 saturated carbocycles. The number of rotatable bonds is 2. The third-order valence-electron chi connectivity index (χ3n) is 3.90. The molecular formula is C15H16N4O. The van der Waals surface area contributed by atoms with Crippen molar-refractivity contribution in [2.24, 2.45) is 0 Å². The fourth-order valence-corrected chi connectivity index (χ4v) is 2.90. The summed E-state index contributed by atoms with van der Waals surface area (Å²) < 4.78 is 1.74. The number of aromatic hydroxyl groups is 1. The van der Waals surface area contributed by atoms with Crippen LogP contribution in [0.1, 0.15) is 49.4 Å². The highest BCUT2D eigenvalue weighted by atomic mass is 16.3. The Bertz CT molecular complexity index is 633. The topological polar surface area (TPSA) is 74.7 Å². The van der Waals surface area contributed by atoms with Gasteiger partial charge in [0.15, 0.2) is 5.69 Å². The summed E-state index contributed by atoms with van der Waals surface area (Å²) in [6, 6.07) is 8.97. The molecule has 1 N–H and O–H groups in total. The molecule has 1 fully saturated rings. The fourth-order valence-electron chi connectivity index (χ4n) is 2.90. The molecule has 0 amide bonds. The number of benzene rings is 1. The monoisotopic (exact) mass is 268 g/mol. The zero-order valence-corrected chi connectivity index (χ0v) is 11.2. The lowest BCUT2D eigenvalue weighted by Crippen LogP contribution is -2.12. The molecule has 5 heteroatoms. The van der Waals surface area contributed by atoms with Crippen LogP contribution in [0, 0.1) is 11.3 Å². The van der Waals surface area contributed by atoms with Gasteiger partial charge in [0, 0.05) is 5.92 Å². The average molecular weight is 268 g/mol. The second kappa shape index (κ2) is 5.33. The highest BCUT2D eigenvalue weighted by molar-refractivity contribution is 5.40. The van der Waals surface area contributed by atoms with Crippen LogP contribution in [0.5, 0.6) is 5.75 Å². The van der Waals surface area contributed by atoms with Gasteiger partial charge in [-0.1, -0.05) is 24.5 Å². The van der Waals surface area contributed by atoms with Crippen LogP contribution >= 0.6 is 0 Å². The average Bonchev–Trinajstić information content (AvgIpc) is 2.93. The van der Waals surface area contributed by atoms with E-state index in [0.717, 1.165) is 24.2 Å². The van der Waals surface area contributed by atoms with Crippen molar-refractivity contribution in [3.63, 3.8) is 0 Å². The van der Waals surface area contributed by atoms with Crippen LogP contribution in [0.3, 0.4) is 0 Å². The number of phenolic OH excluding ortho intramolecular Hbond substituents is 1. The molecule has 1 aliphatic rings. The van der Waals surface area contributed by atoms with Crippen LogP contribution < -0.4 is 0 Å². The van der Waals surface area contributed by atoms with Crippen molar-refractivity contribution in [1.82, 2.24) is 15.0 Å². The minimum Gasteiger partial charge on any atom is -0.508 e. The van der Waals surface area contributed by atoms with E-state index >= 15 is 0 Å². The highest BCUT2D eigenvalue weighted by Gasteiger charge is 2.25. The summed E-state index contributed by atoms with van der Waals surface area (Å²) in [5, 5.41) is 26.7. The van der Waals surface area contributed by atoms with Crippen molar-refractivity contribution in [1.29, 1.82) is 5.26 Å². The van der Waals surface area contributed by atoms with Gasteiger partial charge in [-0.2, -0.15) is 5.26 Å². The first-order valence-electron chi connectivity index (χ1n) is 6.94. The van der Waals surface area contributed by atoms with Crippen LogP contribution in [0.2, 0.25) is 0 Å². The van der Waals surface area contributed by atoms with E-state index in [0.29, 0.717) is 11.6 Å². The molecular weight excluding hydrogens is 252 g/mol. The second-order valence-electron chi connectivity index (χ2n) is 5.20. The van der Waals surface area contributed by atoms with Gasteiger partial charge in [-0.15, -0.1) is 5.10 Å². The first kappa shape index (κ1) is 12.7. The Morgan fingerprint density at radius 2 is 1.85 bits per heavy atom. The second-order valence-corrected chi connectivity index (χ2v) is 5.20. The maximum absolute atomic E-state index is 9.38. The Morgan fingerprint density at radius 3 is 2.50 bits per heavy atom. The van der Waals surface area contributed by atoms with Crippen molar-refractivity contribution in [3.8, 4) is 17.5 Å². The van der Waals surface area contributed by atoms with E-state index in [4.69, 9.17) is 0 Å². The maximum Gasteiger partial charge on any atom is 0.186 e. The van der Waals surface area contributed by atoms with Gasteiger partial charge in [0.1, 0.15) is 11.8 Å². The van der Waals surface area contributed by atoms with E-state index in [9.17, 15) is 10.4 Å². The standard InChI is InChI=1S/C15H16N4O/c16-10-14-15(11-4-2-1-3-5-11)19(18-17-14)12-6-8-13(20)9-7-12/h6-9,11,20H,1-5H2. The molecule has 0 radical (unpaired) electrons. The Kier molecular flexibility index (Phi) is 3.38. The van der Waals surface area contributed by atoms with E-state index in [-0.39, 0.29) is 5.75 Å². The largest absolute Gasteiger partial charge is 0.508 e. The summed E-state index contributed by atoms with van der Waals surface area (Å²) in [7, 11) is 0. The number of nitriles is 1. The zero-order valence-electron chi connectivity index (χ0n) is 11.2. The SMILES string of the molecule is N#Cc1nnn(-c2ccc(O)cc2)c1C1CCCCC1. The predicted octanol–water partition coefficient (Wildman–Crippen LogP) is 2.89. The fraction of sp³-hybridized carbons (Fsp3) is 0.400. The minimum atomic E-state index is 0.216. The third kappa shape index (κ3) is 2.25. The van der Waals surface area contributed by atoms with E-state index in [1.54, 1.807) is 28.9 Å². The molecule has 0 bridgehead atoms. The summed E-state index contributed by atoms with van der Waals surface area (Å²) in [6.07, 6.45) is 5.81. The van der Waals surface area contributed by atoms with Crippen molar-refractivity contribution in [3.05, 3.63) is 35.7 Å². The van der Waals surface area contributed by atoms with E-state index < -0.39 is 0 Å². The van der Waals surface area contributed by atoms with Crippen molar-refractivity contribution in [2.45, 2.75) is 38.0 Å². The Labute approximate surface area is 117 Å². The van der Waals surface area contributed by atoms with Crippen LogP contribution in [-0.2, 0) is 0 Å². The molecule has 0 unspecified atom stereocenters. The number of aromatic nitrogens is 3. The minimum absolute atomic E-state index is 0.216. The Balaban J connectivity index is 2.05. The van der Waals surface area contributed by atoms with Gasteiger partial charge in [0.2, 0.25) is 0 Å². The van der Waals surface area contributed by atoms with Crippen LogP contribution in [-0.4, -0.2) is 20.1 Å². The molecule has 1 aromatic carbocycles. The van der Waals surface area contributed by atoms with Crippen molar-refractivity contribution in [2.75, 3.05) is 0 Å². The molecule has 1 aromatic heterocycles. The van der Waals surface area contributed by atoms with Gasteiger partial charge in [-0.25, -0.2) is 4.68 Å². The molecule has 3 rings (SSSR count). The molecule has 0 aliphatic heterocycles. The Morgan fingerprint density at radius 1 is 1.15 bits per heavy atom. The third-order valence-corrected chi connectivity index (χ3v) is 3.90. The molecule has 20 heavy (non-hydrogen) atoms. The van der Waals surface area contributed by atoms with E-state index in [1.807, 2.05) is 0 Å². The lowest BCUT2D eigenvalue weighted by atomic mass is 9.86. The van der Waals surface area contributed by atoms with Gasteiger partial charge in [-0.3, -0.25) is 0 Å². The molecule has 0 atom stereocenters. The van der Waals surface area contributed by atoms with Gasteiger partial charge >= 0.3 is 0 Å². The molecule has 5 nitrogen and oxygen atoms in total. The van der Waals surface area contributed by atoms with Gasteiger partial charge in [0.05, 0.1) is 11.4 Å². The van der Waals surface area contributed by atoms with Crippen LogP contribution in [0.4, 0.5) is 0 Å². The summed E-state index contributed by atoms with van der Waals surface area (Å²) in [4.78, 5) is 0. The first-order valence-corrected chi connectivity index (χ1v) is 6.94. The van der Waals surface area contributed by atoms with Gasteiger partial charge in [0.25, 0.3) is 0 Å². The Hall–Kier alpha value is -2.35. The van der Waals surface area contributed by atoms with Gasteiger partial charge < -0.3 is 5.11 Å². The van der Waals surface area contributed by atoms with Crippen molar-refractivity contribution >= 4 is 0 Å². The van der Waals surface area contributed by atoms with Crippen LogP contribution in [0.25, 0.3) is 5.69 Å². The van der Waals surface area contributed by atoms with Gasteiger partial charge in [-0.05, 0) is 37.1 Å². The molecule has 0 saturated heterocycles.